The number of ketones is 4. The fraction of sp³-hybridized carbons (Fsp3) is 0.236. The maximum absolute atomic E-state index is 13.6. The second kappa shape index (κ2) is 43.9. The molecule has 0 atom stereocenters. The van der Waals surface area contributed by atoms with Crippen molar-refractivity contribution in [3.63, 3.8) is 0 Å². The van der Waals surface area contributed by atoms with E-state index in [0.717, 1.165) is 178 Å². The molecule has 28 heteroatoms. The van der Waals surface area contributed by atoms with Crippen molar-refractivity contribution in [3.8, 4) is 90.5 Å². The fourth-order valence-corrected chi connectivity index (χ4v) is 21.8. The molecule has 0 bridgehead atoms. The van der Waals surface area contributed by atoms with Gasteiger partial charge in [0.05, 0.1) is 57.1 Å². The zero-order valence-electron chi connectivity index (χ0n) is 74.9. The minimum atomic E-state index is -4.66. The van der Waals surface area contributed by atoms with Crippen LogP contribution in [0.1, 0.15) is 123 Å². The molecule has 4 fully saturated rings. The lowest BCUT2D eigenvalue weighted by Crippen LogP contribution is -2.38. The number of nitrogens with zero attached hydrogens (tertiary/aromatic N) is 4. The number of rotatable bonds is 32. The standard InChI is InChI=1S/2C28H24F3NO3S.C27H24ClNO3S.C27H24FNO3S/c29-28(30,31)20-7-3-19(4-8-20)26(34)27-25(23-12-9-21(33)17-24(23)36-27)18-5-10-22(11-6-18)35-16-2-15-32-13-1-14-32;29-28(30,31)23-6-2-1-5-21(23)26(34)27-25(22-12-9-19(33)17-24(22)36-27)18-7-10-20(11-8-18)35-16-4-15-32-13-3-14-32;2*28-20-7-3-19(4-8-20)26(31)27-25(23-12-9-21(30)17-24(23)33-27)18-5-10-22(11-6-18)32-16-2-15-29-13-1-14-29/h3-12,17,33H,1-2,13-16H2;1-2,5-12,17,33H,3-4,13-16H2;2*3-12,17,30H,1-2,13-16H2. The van der Waals surface area contributed by atoms with Gasteiger partial charge in [0, 0.05) is 116 Å². The topological polar surface area (TPSA) is 199 Å². The number of carbonyl (C=O) groups is 4. The third-order valence-electron chi connectivity index (χ3n) is 24.6. The van der Waals surface area contributed by atoms with Crippen molar-refractivity contribution in [2.45, 2.75) is 63.7 Å². The minimum absolute atomic E-state index is 0.0203. The average Bonchev–Trinajstić information content (AvgIpc) is 1.62. The minimum Gasteiger partial charge on any atom is -0.508 e. The molecular formula is C110H96ClF7N4O12S4. The molecule has 0 unspecified atom stereocenters. The van der Waals surface area contributed by atoms with Crippen LogP contribution in [0.2, 0.25) is 5.02 Å². The van der Waals surface area contributed by atoms with E-state index < -0.39 is 34.8 Å². The van der Waals surface area contributed by atoms with Gasteiger partial charge in [0.1, 0.15) is 51.8 Å². The molecule has 20 rings (SSSR count). The molecule has 0 saturated carbocycles. The largest absolute Gasteiger partial charge is 0.508 e. The number of phenols is 4. The van der Waals surface area contributed by atoms with Crippen LogP contribution >= 0.6 is 56.9 Å². The Morgan fingerprint density at radius 3 is 0.855 bits per heavy atom. The van der Waals surface area contributed by atoms with E-state index in [2.05, 4.69) is 19.6 Å². The van der Waals surface area contributed by atoms with Crippen molar-refractivity contribution < 1.29 is 89.3 Å². The lowest BCUT2D eigenvalue weighted by molar-refractivity contribution is -0.138. The normalized spacial score (nSPS) is 13.9. The molecule has 8 heterocycles. The van der Waals surface area contributed by atoms with Gasteiger partial charge in [0.15, 0.2) is 0 Å². The van der Waals surface area contributed by atoms with Crippen LogP contribution in [0, 0.1) is 5.82 Å². The van der Waals surface area contributed by atoms with Gasteiger partial charge in [-0.05, 0) is 314 Å². The first kappa shape index (κ1) is 96.9. The van der Waals surface area contributed by atoms with E-state index in [9.17, 15) is 70.3 Å². The number of hydrogen-bond donors (Lipinski definition) is 4. The van der Waals surface area contributed by atoms with Crippen molar-refractivity contribution in [2.75, 3.05) is 105 Å². The molecule has 4 N–H and O–H groups in total. The second-order valence-electron chi connectivity index (χ2n) is 34.1. The SMILES string of the molecule is O=C(c1ccc(C(F)(F)F)cc1)c1sc2cc(O)ccc2c1-c1ccc(OCCCN2CCC2)cc1.O=C(c1ccc(Cl)cc1)c1sc2cc(O)ccc2c1-c1ccc(OCCCN2CCC2)cc1.O=C(c1ccc(F)cc1)c1sc2cc(O)ccc2c1-c1ccc(OCCCN2CCC2)cc1.O=C(c1ccccc1C(F)(F)F)c1sc2cc(O)ccc2c1-c1ccc(OCCCN2CCC2)cc1. The first-order valence-corrected chi connectivity index (χ1v) is 49.3. The van der Waals surface area contributed by atoms with E-state index in [0.29, 0.717) is 94.4 Å². The lowest BCUT2D eigenvalue weighted by Gasteiger charge is -2.30. The Balaban J connectivity index is 0.000000127. The Morgan fingerprint density at radius 2 is 0.587 bits per heavy atom. The van der Waals surface area contributed by atoms with Gasteiger partial charge in [-0.1, -0.05) is 90.5 Å². The van der Waals surface area contributed by atoms with Crippen molar-refractivity contribution in [1.82, 2.24) is 19.6 Å². The maximum atomic E-state index is 13.6. The number of hydrogen-bond acceptors (Lipinski definition) is 20. The van der Waals surface area contributed by atoms with Gasteiger partial charge in [0.2, 0.25) is 23.1 Å². The van der Waals surface area contributed by atoms with E-state index in [1.54, 1.807) is 84.9 Å². The molecule has 4 aliphatic rings. The first-order chi connectivity index (χ1) is 66.8. The van der Waals surface area contributed by atoms with Gasteiger partial charge < -0.3 is 59.0 Å². The van der Waals surface area contributed by atoms with Crippen molar-refractivity contribution in [3.05, 3.63) is 331 Å². The molecule has 4 aromatic heterocycles. The van der Waals surface area contributed by atoms with Crippen LogP contribution in [0.3, 0.4) is 0 Å². The predicted octanol–water partition coefficient (Wildman–Crippen LogP) is 26.7. The smallest absolute Gasteiger partial charge is 0.417 e. The highest BCUT2D eigenvalue weighted by atomic mass is 35.5. The number of ether oxygens (including phenoxy) is 4. The summed E-state index contributed by atoms with van der Waals surface area (Å²) in [6, 6.07) is 71.9. The number of halogens is 8. The molecule has 0 aliphatic carbocycles. The summed E-state index contributed by atoms with van der Waals surface area (Å²) in [4.78, 5) is 65.1. The molecule has 0 amide bonds. The molecule has 16 aromatic rings. The van der Waals surface area contributed by atoms with Crippen molar-refractivity contribution in [1.29, 1.82) is 0 Å². The van der Waals surface area contributed by atoms with Gasteiger partial charge >= 0.3 is 12.4 Å². The van der Waals surface area contributed by atoms with Crippen LogP contribution < -0.4 is 18.9 Å². The molecule has 0 radical (unpaired) electrons. The summed E-state index contributed by atoms with van der Waals surface area (Å²) in [5.41, 5.74) is 5.23. The number of fused-ring (bicyclic) bond motifs is 4. The summed E-state index contributed by atoms with van der Waals surface area (Å²) in [6.07, 6.45) is -0.113. The van der Waals surface area contributed by atoms with E-state index in [1.807, 2.05) is 97.1 Å². The summed E-state index contributed by atoms with van der Waals surface area (Å²) >= 11 is 11.0. The number of thiophene rings is 4. The van der Waals surface area contributed by atoms with Crippen LogP contribution in [-0.4, -0.2) is 168 Å². The average molecular weight is 1960 g/mol. The van der Waals surface area contributed by atoms with Gasteiger partial charge in [-0.3, -0.25) is 19.2 Å². The summed E-state index contributed by atoms with van der Waals surface area (Å²) < 4.78 is 120. The van der Waals surface area contributed by atoms with Crippen LogP contribution in [0.4, 0.5) is 30.7 Å². The molecule has 12 aromatic carbocycles. The van der Waals surface area contributed by atoms with Gasteiger partial charge in [-0.2, -0.15) is 26.3 Å². The lowest BCUT2D eigenvalue weighted by atomic mass is 9.96. The number of carbonyl (C=O) groups excluding carboxylic acids is 4. The van der Waals surface area contributed by atoms with Crippen LogP contribution in [0.5, 0.6) is 46.0 Å². The summed E-state index contributed by atoms with van der Waals surface area (Å²) in [6.45, 7) is 16.2. The van der Waals surface area contributed by atoms with Crippen LogP contribution in [0.15, 0.2) is 267 Å². The quantitative estimate of drug-likeness (QED) is 0.0176. The molecule has 708 valence electrons. The highest BCUT2D eigenvalue weighted by Gasteiger charge is 2.37. The molecule has 0 spiro atoms. The summed E-state index contributed by atoms with van der Waals surface area (Å²) in [7, 11) is 0. The van der Waals surface area contributed by atoms with Gasteiger partial charge in [-0.15, -0.1) is 45.3 Å². The van der Waals surface area contributed by atoms with E-state index in [4.69, 9.17) is 30.5 Å². The third kappa shape index (κ3) is 23.4. The van der Waals surface area contributed by atoms with E-state index in [-0.39, 0.29) is 56.6 Å². The van der Waals surface area contributed by atoms with E-state index in [1.165, 1.54) is 153 Å². The zero-order valence-corrected chi connectivity index (χ0v) is 78.9. The summed E-state index contributed by atoms with van der Waals surface area (Å²) in [5.74, 6) is 1.79. The molecular weight excluding hydrogens is 1870 g/mol. The van der Waals surface area contributed by atoms with Crippen LogP contribution in [-0.2, 0) is 12.4 Å². The monoisotopic (exact) mass is 1960 g/mol. The maximum Gasteiger partial charge on any atom is 0.417 e. The number of benzene rings is 12. The van der Waals surface area contributed by atoms with Crippen molar-refractivity contribution in [2.24, 2.45) is 0 Å². The third-order valence-corrected chi connectivity index (χ3v) is 29.5. The first-order valence-electron chi connectivity index (χ1n) is 45.7. The Hall–Kier alpha value is -12.8. The second-order valence-corrected chi connectivity index (χ2v) is 38.7. The Bertz CT molecular complexity index is 6800. The molecule has 138 heavy (non-hydrogen) atoms. The molecule has 4 aliphatic heterocycles. The predicted molar refractivity (Wildman–Crippen MR) is 535 cm³/mol. The van der Waals surface area contributed by atoms with Gasteiger partial charge in [-0.25, -0.2) is 4.39 Å². The molecule has 4 saturated heterocycles. The van der Waals surface area contributed by atoms with Crippen LogP contribution in [0.25, 0.3) is 84.9 Å². The van der Waals surface area contributed by atoms with Crippen molar-refractivity contribution >= 4 is 120 Å². The highest BCUT2D eigenvalue weighted by molar-refractivity contribution is 7.23. The Kier molecular flexibility index (Phi) is 30.8. The number of aromatic hydroxyl groups is 4. The number of alkyl halides is 6. The fourth-order valence-electron chi connectivity index (χ4n) is 16.8. The summed E-state index contributed by atoms with van der Waals surface area (Å²) in [5, 5.41) is 43.7. The highest BCUT2D eigenvalue weighted by Crippen LogP contribution is 2.48. The molecule has 16 nitrogen and oxygen atoms in total. The van der Waals surface area contributed by atoms with Gasteiger partial charge in [0.25, 0.3) is 0 Å². The number of likely N-dealkylation sites (tertiary alicyclic amines) is 4. The Labute approximate surface area is 813 Å². The zero-order chi connectivity index (χ0) is 96.1. The van der Waals surface area contributed by atoms with E-state index >= 15 is 0 Å². The number of phenolic OH excluding ortho intramolecular Hbond substituents is 4. The Morgan fingerprint density at radius 1 is 0.319 bits per heavy atom.